The Kier molecular flexibility index (Phi) is 2.53. The van der Waals surface area contributed by atoms with Crippen LogP contribution in [0, 0.1) is 6.92 Å². The third kappa shape index (κ3) is 1.95. The Morgan fingerprint density at radius 3 is 2.45 bits per heavy atom. The molecule has 0 saturated heterocycles. The number of hydrogen-bond acceptors (Lipinski definition) is 1. The van der Waals surface area contributed by atoms with E-state index in [0.29, 0.717) is 15.6 Å². The zero-order chi connectivity index (χ0) is 8.43. The lowest BCUT2D eigenvalue weighted by Crippen LogP contribution is -1.92. The molecule has 57 valence electrons. The van der Waals surface area contributed by atoms with Gasteiger partial charge in [-0.2, -0.15) is 0 Å². The second-order valence-corrected chi connectivity index (χ2v) is 2.89. The van der Waals surface area contributed by atoms with Crippen molar-refractivity contribution in [2.45, 2.75) is 0 Å². The molecule has 0 aliphatic carbocycles. The molecule has 1 aromatic carbocycles. The highest BCUT2D eigenvalue weighted by molar-refractivity contribution is 6.37. The fourth-order valence-electron chi connectivity index (χ4n) is 0.716. The Morgan fingerprint density at radius 1 is 1.36 bits per heavy atom. The fourth-order valence-corrected chi connectivity index (χ4v) is 1.23. The van der Waals surface area contributed by atoms with Gasteiger partial charge in [-0.1, -0.05) is 23.2 Å². The second kappa shape index (κ2) is 3.24. The first-order chi connectivity index (χ1) is 5.11. The van der Waals surface area contributed by atoms with Crippen LogP contribution >= 0.6 is 23.2 Å². The molecule has 0 aliphatic rings. The maximum Gasteiger partial charge on any atom is 0.164 e. The molecule has 0 bridgehead atoms. The Labute approximate surface area is 74.9 Å². The maximum absolute atomic E-state index is 10.7. The average molecular weight is 188 g/mol. The molecule has 1 rings (SSSR count). The highest BCUT2D eigenvalue weighted by atomic mass is 35.5. The predicted molar refractivity (Wildman–Crippen MR) is 46.1 cm³/mol. The van der Waals surface area contributed by atoms with Gasteiger partial charge >= 0.3 is 0 Å². The quantitative estimate of drug-likeness (QED) is 0.619. The molecule has 1 nitrogen and oxygen atoms in total. The summed E-state index contributed by atoms with van der Waals surface area (Å²) in [6.07, 6.45) is 0. The van der Waals surface area contributed by atoms with Gasteiger partial charge in [-0.3, -0.25) is 4.79 Å². The van der Waals surface area contributed by atoms with Crippen LogP contribution in [0.25, 0.3) is 0 Å². The van der Waals surface area contributed by atoms with E-state index in [1.807, 2.05) is 0 Å². The maximum atomic E-state index is 10.7. The average Bonchev–Trinajstić information content (AvgIpc) is 1.85. The summed E-state index contributed by atoms with van der Waals surface area (Å²) < 4.78 is 0. The number of benzene rings is 1. The van der Waals surface area contributed by atoms with Crippen LogP contribution < -0.4 is 0 Å². The Morgan fingerprint density at radius 2 is 2.00 bits per heavy atom. The van der Waals surface area contributed by atoms with E-state index in [2.05, 4.69) is 6.92 Å². The van der Waals surface area contributed by atoms with Crippen LogP contribution in [0.5, 0.6) is 0 Å². The van der Waals surface area contributed by atoms with Gasteiger partial charge in [-0.05, 0) is 18.2 Å². The minimum Gasteiger partial charge on any atom is -0.294 e. The van der Waals surface area contributed by atoms with Crippen LogP contribution in [0.1, 0.15) is 10.4 Å². The minimum absolute atomic E-state index is 0.299. The van der Waals surface area contributed by atoms with Crippen molar-refractivity contribution < 1.29 is 4.79 Å². The summed E-state index contributed by atoms with van der Waals surface area (Å²) >= 11 is 11.3. The molecule has 1 aromatic rings. The van der Waals surface area contributed by atoms with Gasteiger partial charge in [0, 0.05) is 17.5 Å². The van der Waals surface area contributed by atoms with Crippen molar-refractivity contribution in [2.24, 2.45) is 0 Å². The van der Waals surface area contributed by atoms with Gasteiger partial charge in [-0.25, -0.2) is 0 Å². The van der Waals surface area contributed by atoms with Crippen molar-refractivity contribution in [1.82, 2.24) is 0 Å². The van der Waals surface area contributed by atoms with Gasteiger partial charge in [0.1, 0.15) is 0 Å². The first kappa shape index (κ1) is 8.57. The molecule has 0 aromatic heterocycles. The summed E-state index contributed by atoms with van der Waals surface area (Å²) in [5.74, 6) is -0.299. The SMILES string of the molecule is [CH2]C(=O)c1ccc(Cl)cc1Cl. The molecule has 0 aliphatic heterocycles. The largest absolute Gasteiger partial charge is 0.294 e. The molecule has 0 saturated carbocycles. The number of ketones is 1. The number of hydrogen-bond donors (Lipinski definition) is 0. The van der Waals surface area contributed by atoms with Crippen molar-refractivity contribution in [2.75, 3.05) is 0 Å². The van der Waals surface area contributed by atoms with Crippen molar-refractivity contribution in [3.8, 4) is 0 Å². The Balaban J connectivity index is 3.20. The van der Waals surface area contributed by atoms with E-state index in [-0.39, 0.29) is 5.78 Å². The van der Waals surface area contributed by atoms with Gasteiger partial charge < -0.3 is 0 Å². The van der Waals surface area contributed by atoms with Crippen LogP contribution in [0.15, 0.2) is 18.2 Å². The van der Waals surface area contributed by atoms with Gasteiger partial charge in [0.2, 0.25) is 0 Å². The lowest BCUT2D eigenvalue weighted by atomic mass is 10.1. The van der Waals surface area contributed by atoms with Crippen LogP contribution in [0.3, 0.4) is 0 Å². The van der Waals surface area contributed by atoms with Crippen molar-refractivity contribution >= 4 is 29.0 Å². The van der Waals surface area contributed by atoms with Crippen LogP contribution in [-0.2, 0) is 0 Å². The third-order valence-corrected chi connectivity index (χ3v) is 1.78. The monoisotopic (exact) mass is 187 g/mol. The lowest BCUT2D eigenvalue weighted by molar-refractivity contribution is 0.104. The number of carbonyl (C=O) groups is 1. The molecule has 0 atom stereocenters. The zero-order valence-corrected chi connectivity index (χ0v) is 7.12. The summed E-state index contributed by atoms with van der Waals surface area (Å²) in [6, 6.07) is 4.67. The van der Waals surface area contributed by atoms with Crippen molar-refractivity contribution in [3.63, 3.8) is 0 Å². The minimum atomic E-state index is -0.299. The molecule has 0 heterocycles. The van der Waals surface area contributed by atoms with Crippen LogP contribution in [-0.4, -0.2) is 5.78 Å². The van der Waals surface area contributed by atoms with E-state index in [1.165, 1.54) is 6.07 Å². The standard InChI is InChI=1S/C8H5Cl2O/c1-5(11)7-3-2-6(9)4-8(7)10/h2-4H,1H2. The van der Waals surface area contributed by atoms with Crippen molar-refractivity contribution in [1.29, 1.82) is 0 Å². The molecule has 11 heavy (non-hydrogen) atoms. The topological polar surface area (TPSA) is 17.1 Å². The first-order valence-corrected chi connectivity index (χ1v) is 3.68. The Bertz CT molecular complexity index is 294. The normalized spacial score (nSPS) is 9.73. The van der Waals surface area contributed by atoms with E-state index in [1.54, 1.807) is 12.1 Å². The summed E-state index contributed by atoms with van der Waals surface area (Å²) in [6.45, 7) is 3.23. The first-order valence-electron chi connectivity index (χ1n) is 2.92. The fraction of sp³-hybridized carbons (Fsp3) is 0. The number of Topliss-reactive ketones (excluding diaryl/α,β-unsaturated/α-hetero) is 1. The van der Waals surface area contributed by atoms with Gasteiger partial charge in [0.05, 0.1) is 5.02 Å². The zero-order valence-electron chi connectivity index (χ0n) is 5.60. The summed E-state index contributed by atoms with van der Waals surface area (Å²) in [5, 5.41) is 0.859. The Hall–Kier alpha value is -0.530. The van der Waals surface area contributed by atoms with Crippen molar-refractivity contribution in [3.05, 3.63) is 40.7 Å². The summed E-state index contributed by atoms with van der Waals surface area (Å²) in [7, 11) is 0. The molecule has 0 N–H and O–H groups in total. The van der Waals surface area contributed by atoms with E-state index in [9.17, 15) is 4.79 Å². The van der Waals surface area contributed by atoms with Crippen LogP contribution in [0.2, 0.25) is 10.0 Å². The van der Waals surface area contributed by atoms with Gasteiger partial charge in [-0.15, -0.1) is 0 Å². The molecule has 3 heteroatoms. The number of halogens is 2. The molecule has 0 fully saturated rings. The molecule has 0 spiro atoms. The molecule has 1 radical (unpaired) electrons. The summed E-state index contributed by atoms with van der Waals surface area (Å²) in [4.78, 5) is 10.7. The second-order valence-electron chi connectivity index (χ2n) is 2.05. The predicted octanol–water partition coefficient (Wildman–Crippen LogP) is 3.01. The smallest absolute Gasteiger partial charge is 0.164 e. The molecule has 0 amide bonds. The number of rotatable bonds is 1. The molecular weight excluding hydrogens is 183 g/mol. The van der Waals surface area contributed by atoms with E-state index in [4.69, 9.17) is 23.2 Å². The third-order valence-electron chi connectivity index (χ3n) is 1.23. The van der Waals surface area contributed by atoms with E-state index in [0.717, 1.165) is 0 Å². The van der Waals surface area contributed by atoms with Gasteiger partial charge in [0.25, 0.3) is 0 Å². The van der Waals surface area contributed by atoms with Crippen LogP contribution in [0.4, 0.5) is 0 Å². The van der Waals surface area contributed by atoms with E-state index >= 15 is 0 Å². The highest BCUT2D eigenvalue weighted by Crippen LogP contribution is 2.20. The van der Waals surface area contributed by atoms with Gasteiger partial charge in [0.15, 0.2) is 5.78 Å². The molecule has 0 unspecified atom stereocenters. The summed E-state index contributed by atoms with van der Waals surface area (Å²) in [5.41, 5.74) is 0.399. The lowest BCUT2D eigenvalue weighted by Gasteiger charge is -1.98. The van der Waals surface area contributed by atoms with E-state index < -0.39 is 0 Å². The highest BCUT2D eigenvalue weighted by Gasteiger charge is 2.04. The molecular formula is C8H5Cl2O. The number of carbonyl (C=O) groups excluding carboxylic acids is 1.